The van der Waals surface area contributed by atoms with E-state index >= 15 is 0 Å². The first kappa shape index (κ1) is 14.7. The number of guanidine groups is 1. The Morgan fingerprint density at radius 3 is 2.87 bits per heavy atom. The minimum absolute atomic E-state index is 0. The van der Waals surface area contributed by atoms with Gasteiger partial charge in [0, 0.05) is 7.05 Å². The Kier molecular flexibility index (Phi) is 6.15. The second kappa shape index (κ2) is 6.29. The summed E-state index contributed by atoms with van der Waals surface area (Å²) in [6.45, 7) is 2.10. The number of nitrogens with zero attached hydrogens (tertiary/aromatic N) is 1. The van der Waals surface area contributed by atoms with Crippen LogP contribution in [0, 0.1) is 0 Å². The van der Waals surface area contributed by atoms with Gasteiger partial charge >= 0.3 is 0 Å². The smallest absolute Gasteiger partial charge is 0.188 e. The van der Waals surface area contributed by atoms with Crippen molar-refractivity contribution >= 4 is 41.3 Å². The Morgan fingerprint density at radius 1 is 1.73 bits per heavy atom. The standard InChI is InChI=1S/C9H15N3OS.HI/c1-9(13,6-12-8(10)11-2)7-3-4-14-5-7;/h3-5,13H,6H2,1-2H3,(H3,10,11,12);1H. The molecule has 0 amide bonds. The third kappa shape index (κ3) is 4.35. The molecule has 0 fully saturated rings. The lowest BCUT2D eigenvalue weighted by atomic mass is 9.99. The third-order valence-corrected chi connectivity index (χ3v) is 2.68. The number of hydrogen-bond donors (Lipinski definition) is 3. The van der Waals surface area contributed by atoms with Crippen LogP contribution in [0.3, 0.4) is 0 Å². The van der Waals surface area contributed by atoms with E-state index in [1.165, 1.54) is 0 Å². The van der Waals surface area contributed by atoms with Gasteiger partial charge in [-0.1, -0.05) is 0 Å². The summed E-state index contributed by atoms with van der Waals surface area (Å²) in [7, 11) is 1.60. The van der Waals surface area contributed by atoms with Crippen molar-refractivity contribution in [3.8, 4) is 0 Å². The first-order valence-electron chi connectivity index (χ1n) is 4.27. The summed E-state index contributed by atoms with van der Waals surface area (Å²) in [5.41, 5.74) is 5.44. The zero-order chi connectivity index (χ0) is 10.6. The molecule has 6 heteroatoms. The SMILES string of the molecule is CN=C(N)NCC(C)(O)c1ccsc1.I. The topological polar surface area (TPSA) is 70.6 Å². The van der Waals surface area contributed by atoms with Gasteiger partial charge in [-0.2, -0.15) is 11.3 Å². The molecule has 86 valence electrons. The normalized spacial score (nSPS) is 15.3. The molecular weight excluding hydrogens is 325 g/mol. The van der Waals surface area contributed by atoms with Gasteiger partial charge in [0.2, 0.25) is 0 Å². The van der Waals surface area contributed by atoms with Crippen LogP contribution in [0.4, 0.5) is 0 Å². The molecule has 4 nitrogen and oxygen atoms in total. The largest absolute Gasteiger partial charge is 0.384 e. The van der Waals surface area contributed by atoms with Crippen molar-refractivity contribution in [1.29, 1.82) is 0 Å². The summed E-state index contributed by atoms with van der Waals surface area (Å²) >= 11 is 1.56. The van der Waals surface area contributed by atoms with E-state index in [1.54, 1.807) is 25.3 Å². The number of aliphatic hydroxyl groups is 1. The predicted octanol–water partition coefficient (Wildman–Crippen LogP) is 1.11. The molecule has 0 aliphatic rings. The monoisotopic (exact) mass is 341 g/mol. The summed E-state index contributed by atoms with van der Waals surface area (Å²) in [6, 6.07) is 1.89. The summed E-state index contributed by atoms with van der Waals surface area (Å²) in [5, 5.41) is 16.7. The molecule has 0 aliphatic carbocycles. The van der Waals surface area contributed by atoms with E-state index in [-0.39, 0.29) is 24.0 Å². The van der Waals surface area contributed by atoms with Gasteiger partial charge in [-0.15, -0.1) is 24.0 Å². The van der Waals surface area contributed by atoms with Crippen molar-refractivity contribution in [2.24, 2.45) is 10.7 Å². The van der Waals surface area contributed by atoms with E-state index in [0.717, 1.165) is 5.56 Å². The van der Waals surface area contributed by atoms with E-state index in [1.807, 2.05) is 16.8 Å². The highest BCUT2D eigenvalue weighted by Crippen LogP contribution is 2.21. The Bertz CT molecular complexity index is 311. The Morgan fingerprint density at radius 2 is 2.40 bits per heavy atom. The van der Waals surface area contributed by atoms with Crippen LogP contribution in [-0.2, 0) is 5.60 Å². The lowest BCUT2D eigenvalue weighted by Gasteiger charge is -2.22. The highest BCUT2D eigenvalue weighted by Gasteiger charge is 2.23. The number of rotatable bonds is 3. The summed E-state index contributed by atoms with van der Waals surface area (Å²) in [6.07, 6.45) is 0. The number of thiophene rings is 1. The fraction of sp³-hybridized carbons (Fsp3) is 0.444. The molecule has 4 N–H and O–H groups in total. The van der Waals surface area contributed by atoms with Crippen LogP contribution in [-0.4, -0.2) is 24.7 Å². The molecule has 1 unspecified atom stereocenters. The van der Waals surface area contributed by atoms with Gasteiger partial charge in [-0.3, -0.25) is 4.99 Å². The average molecular weight is 341 g/mol. The highest BCUT2D eigenvalue weighted by atomic mass is 127. The van der Waals surface area contributed by atoms with E-state index in [9.17, 15) is 5.11 Å². The Hall–Kier alpha value is -0.340. The van der Waals surface area contributed by atoms with E-state index in [2.05, 4.69) is 10.3 Å². The molecule has 1 aromatic rings. The number of nitrogens with two attached hydrogens (primary N) is 1. The van der Waals surface area contributed by atoms with Gasteiger partial charge in [-0.05, 0) is 29.3 Å². The lowest BCUT2D eigenvalue weighted by molar-refractivity contribution is 0.0623. The van der Waals surface area contributed by atoms with Crippen molar-refractivity contribution in [2.45, 2.75) is 12.5 Å². The Balaban J connectivity index is 0.00000196. The average Bonchev–Trinajstić information content (AvgIpc) is 2.67. The molecule has 0 aliphatic heterocycles. The van der Waals surface area contributed by atoms with Crippen molar-refractivity contribution in [1.82, 2.24) is 5.32 Å². The first-order chi connectivity index (χ1) is 6.56. The highest BCUT2D eigenvalue weighted by molar-refractivity contribution is 14.0. The van der Waals surface area contributed by atoms with Crippen molar-refractivity contribution in [2.75, 3.05) is 13.6 Å². The van der Waals surface area contributed by atoms with Crippen LogP contribution in [0.2, 0.25) is 0 Å². The van der Waals surface area contributed by atoms with Crippen LogP contribution >= 0.6 is 35.3 Å². The number of halogens is 1. The molecule has 1 heterocycles. The molecule has 0 bridgehead atoms. The minimum Gasteiger partial charge on any atom is -0.384 e. The molecule has 0 spiro atoms. The van der Waals surface area contributed by atoms with Gasteiger partial charge in [-0.25, -0.2) is 0 Å². The maximum absolute atomic E-state index is 10.1. The fourth-order valence-electron chi connectivity index (χ4n) is 1.01. The lowest BCUT2D eigenvalue weighted by Crippen LogP contribution is -2.41. The second-order valence-corrected chi connectivity index (χ2v) is 4.03. The van der Waals surface area contributed by atoms with Crippen LogP contribution < -0.4 is 11.1 Å². The third-order valence-electron chi connectivity index (χ3n) is 2.00. The van der Waals surface area contributed by atoms with Gasteiger partial charge in [0.25, 0.3) is 0 Å². The zero-order valence-corrected chi connectivity index (χ0v) is 11.9. The molecule has 0 saturated heterocycles. The molecule has 1 atom stereocenters. The molecule has 0 aromatic carbocycles. The minimum atomic E-state index is -0.907. The fourth-order valence-corrected chi connectivity index (χ4v) is 1.80. The molecular formula is C9H16IN3OS. The summed E-state index contributed by atoms with van der Waals surface area (Å²) in [4.78, 5) is 3.75. The maximum Gasteiger partial charge on any atom is 0.188 e. The van der Waals surface area contributed by atoms with Gasteiger partial charge in [0.1, 0.15) is 5.60 Å². The second-order valence-electron chi connectivity index (χ2n) is 3.25. The number of hydrogen-bond acceptors (Lipinski definition) is 3. The van der Waals surface area contributed by atoms with Crippen LogP contribution in [0.1, 0.15) is 12.5 Å². The van der Waals surface area contributed by atoms with Crippen molar-refractivity contribution < 1.29 is 5.11 Å². The van der Waals surface area contributed by atoms with Crippen LogP contribution in [0.15, 0.2) is 21.8 Å². The van der Waals surface area contributed by atoms with Gasteiger partial charge in [0.05, 0.1) is 6.54 Å². The van der Waals surface area contributed by atoms with Gasteiger partial charge < -0.3 is 16.2 Å². The van der Waals surface area contributed by atoms with Crippen LogP contribution in [0.25, 0.3) is 0 Å². The summed E-state index contributed by atoms with van der Waals surface area (Å²) in [5.74, 6) is 0.334. The molecule has 0 radical (unpaired) electrons. The van der Waals surface area contributed by atoms with E-state index in [4.69, 9.17) is 5.73 Å². The van der Waals surface area contributed by atoms with Gasteiger partial charge in [0.15, 0.2) is 5.96 Å². The van der Waals surface area contributed by atoms with E-state index < -0.39 is 5.60 Å². The zero-order valence-electron chi connectivity index (χ0n) is 8.73. The van der Waals surface area contributed by atoms with Crippen molar-refractivity contribution in [3.05, 3.63) is 22.4 Å². The Labute approximate surface area is 111 Å². The molecule has 1 aromatic heterocycles. The number of nitrogens with one attached hydrogen (secondary N) is 1. The van der Waals surface area contributed by atoms with Crippen molar-refractivity contribution in [3.63, 3.8) is 0 Å². The quantitative estimate of drug-likeness (QED) is 0.438. The van der Waals surface area contributed by atoms with E-state index in [0.29, 0.717) is 12.5 Å². The van der Waals surface area contributed by atoms with Crippen LogP contribution in [0.5, 0.6) is 0 Å². The molecule has 1 rings (SSSR count). The summed E-state index contributed by atoms with van der Waals surface area (Å²) < 4.78 is 0. The molecule has 0 saturated carbocycles. The number of aliphatic imine (C=N–C) groups is 1. The maximum atomic E-state index is 10.1. The first-order valence-corrected chi connectivity index (χ1v) is 5.22. The molecule has 15 heavy (non-hydrogen) atoms. The predicted molar refractivity (Wildman–Crippen MR) is 74.9 cm³/mol.